The van der Waals surface area contributed by atoms with Gasteiger partial charge in [0.2, 0.25) is 0 Å². The highest BCUT2D eigenvalue weighted by atomic mass is 16.1. The van der Waals surface area contributed by atoms with E-state index in [4.69, 9.17) is 0 Å². The van der Waals surface area contributed by atoms with E-state index in [-0.39, 0.29) is 5.56 Å². The van der Waals surface area contributed by atoms with Crippen LogP contribution in [0.15, 0.2) is 41.2 Å². The Morgan fingerprint density at radius 3 is 2.94 bits per heavy atom. The molecule has 0 atom stereocenters. The summed E-state index contributed by atoms with van der Waals surface area (Å²) in [7, 11) is 2.10. The van der Waals surface area contributed by atoms with Gasteiger partial charge in [-0.3, -0.25) is 4.79 Å². The van der Waals surface area contributed by atoms with Gasteiger partial charge in [-0.1, -0.05) is 24.3 Å². The fourth-order valence-corrected chi connectivity index (χ4v) is 2.47. The van der Waals surface area contributed by atoms with Gasteiger partial charge in [-0.2, -0.15) is 0 Å². The van der Waals surface area contributed by atoms with Crippen molar-refractivity contribution in [3.05, 3.63) is 52.5 Å². The molecule has 1 aliphatic rings. The number of hydrogen-bond donors (Lipinski definition) is 1. The first-order valence-corrected chi connectivity index (χ1v) is 6.24. The highest BCUT2D eigenvalue weighted by Crippen LogP contribution is 2.20. The lowest BCUT2D eigenvalue weighted by atomic mass is 10.0. The summed E-state index contributed by atoms with van der Waals surface area (Å²) in [5.74, 6) is 0. The monoisotopic (exact) mass is 240 g/mol. The number of rotatable bonds is 1. The van der Waals surface area contributed by atoms with Gasteiger partial charge in [-0.05, 0) is 36.6 Å². The summed E-state index contributed by atoms with van der Waals surface area (Å²) in [5, 5.41) is 1.76. The van der Waals surface area contributed by atoms with Crippen LogP contribution < -0.4 is 5.56 Å². The van der Waals surface area contributed by atoms with Crippen molar-refractivity contribution < 1.29 is 0 Å². The number of fused-ring (bicyclic) bond motifs is 1. The molecular weight excluding hydrogens is 224 g/mol. The molecular formula is C15H16N2O. The molecule has 0 bridgehead atoms. The second-order valence-corrected chi connectivity index (χ2v) is 4.86. The molecule has 3 heteroatoms. The van der Waals surface area contributed by atoms with Crippen LogP contribution >= 0.6 is 0 Å². The average Bonchev–Trinajstić information content (AvgIpc) is 2.39. The van der Waals surface area contributed by atoms with E-state index in [1.165, 1.54) is 5.57 Å². The van der Waals surface area contributed by atoms with Crippen molar-refractivity contribution >= 4 is 16.3 Å². The highest BCUT2D eigenvalue weighted by Gasteiger charge is 2.12. The maximum absolute atomic E-state index is 12.0. The number of H-pyrrole nitrogens is 1. The summed E-state index contributed by atoms with van der Waals surface area (Å²) in [6.07, 6.45) is 3.26. The molecule has 0 amide bonds. The zero-order valence-electron chi connectivity index (χ0n) is 10.4. The van der Waals surface area contributed by atoms with E-state index in [0.717, 1.165) is 36.0 Å². The minimum Gasteiger partial charge on any atom is -0.322 e. The van der Waals surface area contributed by atoms with Gasteiger partial charge in [0.1, 0.15) is 0 Å². The quantitative estimate of drug-likeness (QED) is 0.830. The van der Waals surface area contributed by atoms with Gasteiger partial charge < -0.3 is 9.88 Å². The van der Waals surface area contributed by atoms with Crippen LogP contribution in [0.5, 0.6) is 0 Å². The molecule has 1 aromatic carbocycles. The molecule has 1 aliphatic heterocycles. The van der Waals surface area contributed by atoms with Crippen LogP contribution in [0.1, 0.15) is 12.1 Å². The predicted molar refractivity (Wildman–Crippen MR) is 74.7 cm³/mol. The molecule has 0 radical (unpaired) electrons. The van der Waals surface area contributed by atoms with Crippen LogP contribution in [0.2, 0.25) is 0 Å². The van der Waals surface area contributed by atoms with E-state index in [9.17, 15) is 4.79 Å². The molecule has 0 saturated heterocycles. The standard InChI is InChI=1S/C15H16N2O/c1-17-8-4-6-12(10-17)14-9-11-5-2-3-7-13(11)15(18)16-14/h2-3,5-7,9H,4,8,10H2,1H3,(H,16,18). The van der Waals surface area contributed by atoms with Crippen LogP contribution in [0.25, 0.3) is 16.3 Å². The Labute approximate surface area is 106 Å². The molecule has 2 aromatic rings. The van der Waals surface area contributed by atoms with Crippen molar-refractivity contribution in [2.75, 3.05) is 20.1 Å². The Bertz CT molecular complexity index is 669. The molecule has 0 spiro atoms. The molecule has 0 aliphatic carbocycles. The van der Waals surface area contributed by atoms with E-state index in [1.807, 2.05) is 24.3 Å². The molecule has 0 unspecified atom stereocenters. The van der Waals surface area contributed by atoms with Crippen molar-refractivity contribution in [3.63, 3.8) is 0 Å². The summed E-state index contributed by atoms with van der Waals surface area (Å²) in [6, 6.07) is 9.78. The van der Waals surface area contributed by atoms with Gasteiger partial charge in [-0.25, -0.2) is 0 Å². The summed E-state index contributed by atoms with van der Waals surface area (Å²) in [5.41, 5.74) is 2.16. The van der Waals surface area contributed by atoms with Crippen LogP contribution in [0, 0.1) is 0 Å². The van der Waals surface area contributed by atoms with Gasteiger partial charge in [0.05, 0.1) is 0 Å². The van der Waals surface area contributed by atoms with Crippen molar-refractivity contribution in [1.82, 2.24) is 9.88 Å². The number of likely N-dealkylation sites (N-methyl/N-ethyl adjacent to an activating group) is 1. The Morgan fingerprint density at radius 2 is 2.11 bits per heavy atom. The minimum absolute atomic E-state index is 0.00257. The normalized spacial score (nSPS) is 16.8. The number of pyridine rings is 1. The lowest BCUT2D eigenvalue weighted by molar-refractivity contribution is 0.372. The van der Waals surface area contributed by atoms with Crippen LogP contribution in [0.3, 0.4) is 0 Å². The largest absolute Gasteiger partial charge is 0.322 e. The van der Waals surface area contributed by atoms with E-state index < -0.39 is 0 Å². The molecule has 0 saturated carbocycles. The zero-order valence-corrected chi connectivity index (χ0v) is 10.4. The molecule has 0 fully saturated rings. The number of nitrogens with one attached hydrogen (secondary N) is 1. The van der Waals surface area contributed by atoms with E-state index in [0.29, 0.717) is 0 Å². The molecule has 1 N–H and O–H groups in total. The van der Waals surface area contributed by atoms with E-state index >= 15 is 0 Å². The SMILES string of the molecule is CN1CCC=C(c2cc3ccccc3c(=O)[nH]2)C1. The van der Waals surface area contributed by atoms with E-state index in [2.05, 4.69) is 29.1 Å². The molecule has 1 aromatic heterocycles. The highest BCUT2D eigenvalue weighted by molar-refractivity contribution is 5.84. The fraction of sp³-hybridized carbons (Fsp3) is 0.267. The summed E-state index contributed by atoms with van der Waals surface area (Å²) in [6.45, 7) is 1.98. The van der Waals surface area contributed by atoms with Crippen molar-refractivity contribution in [2.24, 2.45) is 0 Å². The topological polar surface area (TPSA) is 36.1 Å². The van der Waals surface area contributed by atoms with E-state index in [1.54, 1.807) is 0 Å². The molecule has 92 valence electrons. The van der Waals surface area contributed by atoms with Crippen molar-refractivity contribution in [3.8, 4) is 0 Å². The number of aromatic nitrogens is 1. The second kappa shape index (κ2) is 4.42. The first kappa shape index (κ1) is 11.2. The van der Waals surface area contributed by atoms with Crippen LogP contribution in [-0.4, -0.2) is 30.0 Å². The Hall–Kier alpha value is -1.87. The summed E-state index contributed by atoms with van der Waals surface area (Å²) in [4.78, 5) is 17.3. The third-order valence-electron chi connectivity index (χ3n) is 3.44. The van der Waals surface area contributed by atoms with Crippen molar-refractivity contribution in [1.29, 1.82) is 0 Å². The molecule has 2 heterocycles. The van der Waals surface area contributed by atoms with Gasteiger partial charge in [0.15, 0.2) is 0 Å². The van der Waals surface area contributed by atoms with Gasteiger partial charge >= 0.3 is 0 Å². The Kier molecular flexibility index (Phi) is 2.76. The molecule has 3 nitrogen and oxygen atoms in total. The Balaban J connectivity index is 2.13. The third kappa shape index (κ3) is 1.97. The Morgan fingerprint density at radius 1 is 1.28 bits per heavy atom. The zero-order chi connectivity index (χ0) is 12.5. The minimum atomic E-state index is -0.00257. The lowest BCUT2D eigenvalue weighted by Crippen LogP contribution is -2.25. The third-order valence-corrected chi connectivity index (χ3v) is 3.44. The number of benzene rings is 1. The predicted octanol–water partition coefficient (Wildman–Crippen LogP) is 2.25. The number of aromatic amines is 1. The number of hydrogen-bond acceptors (Lipinski definition) is 2. The summed E-state index contributed by atoms with van der Waals surface area (Å²) < 4.78 is 0. The molecule has 3 rings (SSSR count). The fourth-order valence-electron chi connectivity index (χ4n) is 2.47. The average molecular weight is 240 g/mol. The van der Waals surface area contributed by atoms with Crippen molar-refractivity contribution in [2.45, 2.75) is 6.42 Å². The first-order chi connectivity index (χ1) is 8.74. The van der Waals surface area contributed by atoms with Gasteiger partial charge in [-0.15, -0.1) is 0 Å². The maximum atomic E-state index is 12.0. The van der Waals surface area contributed by atoms with Crippen LogP contribution in [-0.2, 0) is 0 Å². The first-order valence-electron chi connectivity index (χ1n) is 6.24. The summed E-state index contributed by atoms with van der Waals surface area (Å²) >= 11 is 0. The van der Waals surface area contributed by atoms with Gasteiger partial charge in [0.25, 0.3) is 5.56 Å². The maximum Gasteiger partial charge on any atom is 0.256 e. The number of nitrogens with zero attached hydrogens (tertiary/aromatic N) is 1. The van der Waals surface area contributed by atoms with Gasteiger partial charge in [0, 0.05) is 24.2 Å². The molecule has 18 heavy (non-hydrogen) atoms. The lowest BCUT2D eigenvalue weighted by Gasteiger charge is -2.22. The van der Waals surface area contributed by atoms with Crippen LogP contribution in [0.4, 0.5) is 0 Å². The second-order valence-electron chi connectivity index (χ2n) is 4.86. The smallest absolute Gasteiger partial charge is 0.256 e.